The van der Waals surface area contributed by atoms with Crippen molar-refractivity contribution < 1.29 is 19.4 Å². The van der Waals surface area contributed by atoms with Crippen LogP contribution in [0.25, 0.3) is 0 Å². The Morgan fingerprint density at radius 3 is 2.69 bits per heavy atom. The molecular formula is C19H23N3O4. The third-order valence-corrected chi connectivity index (χ3v) is 4.46. The van der Waals surface area contributed by atoms with Gasteiger partial charge in [-0.2, -0.15) is 5.26 Å². The van der Waals surface area contributed by atoms with Gasteiger partial charge in [-0.1, -0.05) is 18.2 Å². The molecule has 0 spiro atoms. The van der Waals surface area contributed by atoms with Gasteiger partial charge in [0.25, 0.3) is 5.91 Å². The highest BCUT2D eigenvalue weighted by molar-refractivity contribution is 5.97. The number of nitrogens with zero attached hydrogens (tertiary/aromatic N) is 2. The predicted molar refractivity (Wildman–Crippen MR) is 95.3 cm³/mol. The van der Waals surface area contributed by atoms with Crippen molar-refractivity contribution in [2.24, 2.45) is 5.92 Å². The molecule has 1 aromatic rings. The Bertz CT molecular complexity index is 716. The summed E-state index contributed by atoms with van der Waals surface area (Å²) in [5.74, 6) is -0.795. The number of likely N-dealkylation sites (tertiary alicyclic amines) is 1. The predicted octanol–water partition coefficient (Wildman–Crippen LogP) is 1.56. The number of piperidine rings is 1. The number of nitrogens with one attached hydrogen (secondary N) is 1. The first-order valence-electron chi connectivity index (χ1n) is 8.54. The van der Waals surface area contributed by atoms with Crippen LogP contribution < -0.4 is 10.1 Å². The van der Waals surface area contributed by atoms with Crippen molar-refractivity contribution >= 4 is 11.9 Å². The lowest BCUT2D eigenvalue weighted by molar-refractivity contribution is -0.145. The summed E-state index contributed by atoms with van der Waals surface area (Å²) in [5, 5.41) is 21.3. The van der Waals surface area contributed by atoms with Gasteiger partial charge < -0.3 is 20.1 Å². The van der Waals surface area contributed by atoms with Crippen LogP contribution in [-0.2, 0) is 16.0 Å². The van der Waals surface area contributed by atoms with Crippen molar-refractivity contribution in [3.8, 4) is 11.8 Å². The summed E-state index contributed by atoms with van der Waals surface area (Å²) in [6, 6.07) is 9.60. The number of rotatable bonds is 7. The van der Waals surface area contributed by atoms with Crippen LogP contribution in [0.4, 0.5) is 0 Å². The first kappa shape index (κ1) is 19.3. The van der Waals surface area contributed by atoms with E-state index < -0.39 is 11.9 Å². The van der Waals surface area contributed by atoms with E-state index in [4.69, 9.17) is 9.84 Å². The van der Waals surface area contributed by atoms with Gasteiger partial charge in [0.1, 0.15) is 17.4 Å². The second kappa shape index (κ2) is 9.47. The quantitative estimate of drug-likeness (QED) is 0.436. The molecule has 1 fully saturated rings. The van der Waals surface area contributed by atoms with Crippen molar-refractivity contribution in [1.82, 2.24) is 10.2 Å². The van der Waals surface area contributed by atoms with Gasteiger partial charge in [0.2, 0.25) is 0 Å². The van der Waals surface area contributed by atoms with Gasteiger partial charge in [-0.25, -0.2) is 0 Å². The number of carbonyl (C=O) groups is 2. The summed E-state index contributed by atoms with van der Waals surface area (Å²) in [6.45, 7) is 1.27. The Morgan fingerprint density at radius 1 is 1.38 bits per heavy atom. The van der Waals surface area contributed by atoms with E-state index in [-0.39, 0.29) is 11.5 Å². The molecule has 7 nitrogen and oxygen atoms in total. The second-order valence-corrected chi connectivity index (χ2v) is 6.09. The lowest BCUT2D eigenvalue weighted by atomic mass is 9.97. The van der Waals surface area contributed by atoms with E-state index in [0.717, 1.165) is 11.3 Å². The first-order chi connectivity index (χ1) is 12.6. The Labute approximate surface area is 152 Å². The van der Waals surface area contributed by atoms with E-state index >= 15 is 0 Å². The van der Waals surface area contributed by atoms with Gasteiger partial charge in [0.15, 0.2) is 0 Å². The van der Waals surface area contributed by atoms with E-state index in [0.29, 0.717) is 38.9 Å². The van der Waals surface area contributed by atoms with Gasteiger partial charge in [0.05, 0.1) is 13.0 Å². The molecule has 0 saturated carbocycles. The molecule has 138 valence electrons. The van der Waals surface area contributed by atoms with E-state index in [2.05, 4.69) is 5.32 Å². The van der Waals surface area contributed by atoms with E-state index in [1.165, 1.54) is 11.1 Å². The van der Waals surface area contributed by atoms with Crippen molar-refractivity contribution in [3.63, 3.8) is 0 Å². The standard InChI is InChI=1S/C19H23N3O4/c1-26-17-5-3-2-4-14(17)6-9-21-13-16(12-20)18(23)22-10-7-15(8-11-22)19(24)25/h2-5,13,15,21H,6-11H2,1H3,(H,24,25)/b16-13-. The highest BCUT2D eigenvalue weighted by atomic mass is 16.5. The van der Waals surface area contributed by atoms with Crippen LogP contribution in [0.15, 0.2) is 36.0 Å². The summed E-state index contributed by atoms with van der Waals surface area (Å²) in [7, 11) is 1.62. The Kier molecular flexibility index (Phi) is 7.03. The number of aliphatic carboxylic acids is 1. The number of hydrogen-bond acceptors (Lipinski definition) is 5. The number of methoxy groups -OCH3 is 1. The number of nitriles is 1. The topological polar surface area (TPSA) is 103 Å². The minimum atomic E-state index is -0.828. The summed E-state index contributed by atoms with van der Waals surface area (Å²) < 4.78 is 5.29. The lowest BCUT2D eigenvalue weighted by Crippen LogP contribution is -2.41. The normalized spacial score (nSPS) is 15.2. The number of carboxylic acids is 1. The molecule has 7 heteroatoms. The van der Waals surface area contributed by atoms with Crippen LogP contribution in [0.3, 0.4) is 0 Å². The summed E-state index contributed by atoms with van der Waals surface area (Å²) in [4.78, 5) is 24.9. The van der Waals surface area contributed by atoms with Crippen molar-refractivity contribution in [2.45, 2.75) is 19.3 Å². The second-order valence-electron chi connectivity index (χ2n) is 6.09. The molecular weight excluding hydrogens is 334 g/mol. The molecule has 0 bridgehead atoms. The van der Waals surface area contributed by atoms with Crippen molar-refractivity contribution in [3.05, 3.63) is 41.6 Å². The molecule has 1 aliphatic rings. The highest BCUT2D eigenvalue weighted by Gasteiger charge is 2.28. The zero-order valence-corrected chi connectivity index (χ0v) is 14.8. The molecule has 1 aliphatic heterocycles. The van der Waals surface area contributed by atoms with E-state index in [1.54, 1.807) is 7.11 Å². The summed E-state index contributed by atoms with van der Waals surface area (Å²) >= 11 is 0. The van der Waals surface area contributed by atoms with Gasteiger partial charge in [0, 0.05) is 25.8 Å². The molecule has 0 atom stereocenters. The van der Waals surface area contributed by atoms with Gasteiger partial charge in [-0.3, -0.25) is 9.59 Å². The molecule has 1 saturated heterocycles. The number of hydrogen-bond donors (Lipinski definition) is 2. The number of amides is 1. The maximum absolute atomic E-state index is 12.4. The minimum Gasteiger partial charge on any atom is -0.496 e. The van der Waals surface area contributed by atoms with Crippen LogP contribution in [0.2, 0.25) is 0 Å². The molecule has 0 aliphatic carbocycles. The molecule has 0 radical (unpaired) electrons. The van der Waals surface area contributed by atoms with E-state index in [9.17, 15) is 14.9 Å². The van der Waals surface area contributed by atoms with Crippen molar-refractivity contribution in [1.29, 1.82) is 5.26 Å². The van der Waals surface area contributed by atoms with Crippen molar-refractivity contribution in [2.75, 3.05) is 26.7 Å². The lowest BCUT2D eigenvalue weighted by Gasteiger charge is -2.29. The van der Waals surface area contributed by atoms with Crippen LogP contribution >= 0.6 is 0 Å². The zero-order valence-electron chi connectivity index (χ0n) is 14.8. The molecule has 2 N–H and O–H groups in total. The van der Waals surface area contributed by atoms with Crippen LogP contribution in [-0.4, -0.2) is 48.6 Å². The summed E-state index contributed by atoms with van der Waals surface area (Å²) in [6.07, 6.45) is 2.96. The van der Waals surface area contributed by atoms with Crippen LogP contribution in [0.1, 0.15) is 18.4 Å². The Balaban J connectivity index is 1.87. The van der Waals surface area contributed by atoms with Gasteiger partial charge in [-0.15, -0.1) is 0 Å². The fourth-order valence-electron chi connectivity index (χ4n) is 2.93. The average molecular weight is 357 g/mol. The van der Waals surface area contributed by atoms with Crippen LogP contribution in [0, 0.1) is 17.2 Å². The Morgan fingerprint density at radius 2 is 2.08 bits per heavy atom. The van der Waals surface area contributed by atoms with Gasteiger partial charge in [-0.05, 0) is 30.9 Å². The number of para-hydroxylation sites is 1. The number of benzene rings is 1. The molecule has 0 unspecified atom stereocenters. The van der Waals surface area contributed by atoms with Crippen LogP contribution in [0.5, 0.6) is 5.75 Å². The highest BCUT2D eigenvalue weighted by Crippen LogP contribution is 2.19. The third kappa shape index (κ3) is 4.99. The minimum absolute atomic E-state index is 0.0267. The smallest absolute Gasteiger partial charge is 0.306 e. The Hall–Kier alpha value is -3.01. The molecule has 1 heterocycles. The SMILES string of the molecule is COc1ccccc1CCN/C=C(/C#N)C(=O)N1CCC(C(=O)O)CC1. The molecule has 2 rings (SSSR count). The number of carbonyl (C=O) groups excluding carboxylic acids is 1. The first-order valence-corrected chi connectivity index (χ1v) is 8.54. The maximum Gasteiger partial charge on any atom is 0.306 e. The maximum atomic E-state index is 12.4. The monoisotopic (exact) mass is 357 g/mol. The fraction of sp³-hybridized carbons (Fsp3) is 0.421. The average Bonchev–Trinajstić information content (AvgIpc) is 2.68. The largest absolute Gasteiger partial charge is 0.496 e. The van der Waals surface area contributed by atoms with E-state index in [1.807, 2.05) is 30.3 Å². The summed E-state index contributed by atoms with van der Waals surface area (Å²) in [5.41, 5.74) is 1.07. The molecule has 1 aromatic carbocycles. The number of ether oxygens (including phenoxy) is 1. The molecule has 1 amide bonds. The molecule has 26 heavy (non-hydrogen) atoms. The number of carboxylic acid groups (broad SMARTS) is 1. The third-order valence-electron chi connectivity index (χ3n) is 4.46. The zero-order chi connectivity index (χ0) is 18.9. The fourth-order valence-corrected chi connectivity index (χ4v) is 2.93. The molecule has 0 aromatic heterocycles. The van der Waals surface area contributed by atoms with Gasteiger partial charge >= 0.3 is 5.97 Å².